The molecule has 0 N–H and O–H groups in total. The van der Waals surface area contributed by atoms with E-state index in [1.165, 1.54) is 4.57 Å². The van der Waals surface area contributed by atoms with Crippen LogP contribution >= 0.6 is 0 Å². The van der Waals surface area contributed by atoms with E-state index in [9.17, 15) is 13.2 Å². The van der Waals surface area contributed by atoms with Crippen molar-refractivity contribution in [3.8, 4) is 11.5 Å². The molecule has 0 aliphatic carbocycles. The van der Waals surface area contributed by atoms with E-state index >= 15 is 0 Å². The Morgan fingerprint density at radius 2 is 1.11 bits per heavy atom. The van der Waals surface area contributed by atoms with Gasteiger partial charge in [-0.15, -0.1) is 0 Å². The number of aromatic nitrogens is 1. The highest BCUT2D eigenvalue weighted by Crippen LogP contribution is 2.25. The lowest BCUT2D eigenvalue weighted by molar-refractivity contribution is -0.722. The van der Waals surface area contributed by atoms with Gasteiger partial charge in [-0.1, -0.05) is 0 Å². The number of aryl methyl sites for hydroxylation is 4. The first-order chi connectivity index (χ1) is 16.5. The Kier molecular flexibility index (Phi) is 8.05. The molecule has 6 heteroatoms. The molecule has 184 valence electrons. The fourth-order valence-electron chi connectivity index (χ4n) is 4.00. The van der Waals surface area contributed by atoms with Crippen molar-refractivity contribution in [1.29, 1.82) is 0 Å². The van der Waals surface area contributed by atoms with Crippen molar-refractivity contribution in [2.75, 3.05) is 14.2 Å². The van der Waals surface area contributed by atoms with Gasteiger partial charge in [-0.3, -0.25) is 0 Å². The number of alkyl halides is 3. The molecule has 3 nitrogen and oxygen atoms in total. The molecule has 3 rings (SSSR count). The van der Waals surface area contributed by atoms with Gasteiger partial charge in [0.2, 0.25) is 17.9 Å². The predicted octanol–water partition coefficient (Wildman–Crippen LogP) is 7.13. The number of halogens is 3. The fourth-order valence-corrected chi connectivity index (χ4v) is 4.00. The molecule has 0 fully saturated rings. The minimum absolute atomic E-state index is 0.458. The average molecular weight is 483 g/mol. The summed E-state index contributed by atoms with van der Waals surface area (Å²) in [6, 6.07) is 12.9. The molecule has 0 amide bonds. The molecule has 0 unspecified atom stereocenters. The summed E-state index contributed by atoms with van der Waals surface area (Å²) in [5, 5.41) is 0. The van der Waals surface area contributed by atoms with E-state index in [4.69, 9.17) is 9.47 Å². The zero-order valence-electron chi connectivity index (χ0n) is 21.0. The first kappa shape index (κ1) is 26.1. The molecule has 0 bridgehead atoms. The van der Waals surface area contributed by atoms with Gasteiger partial charge in [0.15, 0.2) is 0 Å². The van der Waals surface area contributed by atoms with Crippen LogP contribution in [0.3, 0.4) is 0 Å². The molecular formula is C29H31F3NO2+. The number of hydrogen-bond donors (Lipinski definition) is 0. The maximum absolute atomic E-state index is 13.5. The summed E-state index contributed by atoms with van der Waals surface area (Å²) >= 11 is 0. The van der Waals surface area contributed by atoms with Crippen LogP contribution in [0.4, 0.5) is 13.2 Å². The Labute approximate surface area is 205 Å². The smallest absolute Gasteiger partial charge is 0.448 e. The van der Waals surface area contributed by atoms with Gasteiger partial charge in [-0.25, -0.2) is 0 Å². The molecule has 2 aromatic carbocycles. The third kappa shape index (κ3) is 6.53. The Balaban J connectivity index is 2.04. The van der Waals surface area contributed by atoms with Gasteiger partial charge >= 0.3 is 6.18 Å². The van der Waals surface area contributed by atoms with Crippen LogP contribution in [-0.4, -0.2) is 20.4 Å². The van der Waals surface area contributed by atoms with Crippen molar-refractivity contribution in [3.63, 3.8) is 0 Å². The number of benzene rings is 2. The van der Waals surface area contributed by atoms with Crippen molar-refractivity contribution in [3.05, 3.63) is 87.2 Å². The second-order valence-corrected chi connectivity index (χ2v) is 8.60. The summed E-state index contributed by atoms with van der Waals surface area (Å²) in [6.07, 6.45) is 2.76. The molecule has 0 saturated carbocycles. The first-order valence-corrected chi connectivity index (χ1v) is 11.3. The van der Waals surface area contributed by atoms with Crippen LogP contribution in [0.1, 0.15) is 44.8 Å². The number of pyridine rings is 1. The van der Waals surface area contributed by atoms with Crippen molar-refractivity contribution in [2.24, 2.45) is 0 Å². The molecule has 0 aliphatic heterocycles. The highest BCUT2D eigenvalue weighted by molar-refractivity contribution is 5.72. The van der Waals surface area contributed by atoms with E-state index in [1.54, 1.807) is 44.6 Å². The molecule has 1 aromatic heterocycles. The van der Waals surface area contributed by atoms with Gasteiger partial charge < -0.3 is 9.47 Å². The van der Waals surface area contributed by atoms with Crippen molar-refractivity contribution >= 4 is 24.3 Å². The van der Waals surface area contributed by atoms with E-state index < -0.39 is 12.7 Å². The molecular weight excluding hydrogens is 451 g/mol. The molecule has 0 saturated heterocycles. The largest absolute Gasteiger partial charge is 0.496 e. The second kappa shape index (κ2) is 10.8. The topological polar surface area (TPSA) is 22.3 Å². The summed E-state index contributed by atoms with van der Waals surface area (Å²) in [5.74, 6) is 1.56. The second-order valence-electron chi connectivity index (χ2n) is 8.60. The molecule has 3 aromatic rings. The van der Waals surface area contributed by atoms with Crippen LogP contribution in [0.2, 0.25) is 0 Å². The quantitative estimate of drug-likeness (QED) is 0.334. The number of hydrogen-bond acceptors (Lipinski definition) is 2. The molecule has 1 heterocycles. The lowest BCUT2D eigenvalue weighted by Gasteiger charge is -2.10. The maximum atomic E-state index is 13.5. The Morgan fingerprint density at radius 1 is 0.686 bits per heavy atom. The van der Waals surface area contributed by atoms with Crippen LogP contribution < -0.4 is 14.0 Å². The molecule has 0 aliphatic rings. The minimum Gasteiger partial charge on any atom is -0.496 e. The van der Waals surface area contributed by atoms with E-state index in [-0.39, 0.29) is 0 Å². The summed E-state index contributed by atoms with van der Waals surface area (Å²) in [4.78, 5) is 0. The van der Waals surface area contributed by atoms with Crippen molar-refractivity contribution < 1.29 is 27.2 Å². The number of methoxy groups -OCH3 is 2. The summed E-state index contributed by atoms with van der Waals surface area (Å²) in [7, 11) is 3.23. The van der Waals surface area contributed by atoms with Crippen LogP contribution in [0, 0.1) is 27.7 Å². The molecule has 35 heavy (non-hydrogen) atoms. The van der Waals surface area contributed by atoms with Crippen molar-refractivity contribution in [1.82, 2.24) is 0 Å². The van der Waals surface area contributed by atoms with Gasteiger partial charge in [0.25, 0.3) is 0 Å². The Bertz CT molecular complexity index is 1190. The monoisotopic (exact) mass is 482 g/mol. The van der Waals surface area contributed by atoms with E-state index in [0.29, 0.717) is 11.4 Å². The zero-order chi connectivity index (χ0) is 25.8. The summed E-state index contributed by atoms with van der Waals surface area (Å²) in [5.41, 5.74) is 6.64. The fraction of sp³-hybridized carbons (Fsp3) is 0.276. The molecule has 0 radical (unpaired) electrons. The SMILES string of the molecule is COc1cc(C)c(/C=C/c2cccc(/C=C/c3cc(C)c(OC)cc3C)[n+]2CC(F)(F)F)cc1C. The highest BCUT2D eigenvalue weighted by Gasteiger charge is 2.35. The average Bonchev–Trinajstić information content (AvgIpc) is 2.79. The van der Waals surface area contributed by atoms with Crippen LogP contribution in [0.5, 0.6) is 11.5 Å². The van der Waals surface area contributed by atoms with Gasteiger partial charge in [-0.05, 0) is 104 Å². The van der Waals surface area contributed by atoms with E-state index in [0.717, 1.165) is 44.9 Å². The Hall–Kier alpha value is -3.54. The van der Waals surface area contributed by atoms with Gasteiger partial charge in [-0.2, -0.15) is 17.7 Å². The summed E-state index contributed by atoms with van der Waals surface area (Å²) < 4.78 is 52.6. The zero-order valence-corrected chi connectivity index (χ0v) is 21.0. The van der Waals surface area contributed by atoms with Crippen LogP contribution in [-0.2, 0) is 6.54 Å². The molecule has 0 spiro atoms. The number of rotatable bonds is 7. The van der Waals surface area contributed by atoms with E-state index in [2.05, 4.69) is 0 Å². The summed E-state index contributed by atoms with van der Waals surface area (Å²) in [6.45, 7) is 6.68. The Morgan fingerprint density at radius 3 is 1.49 bits per heavy atom. The predicted molar refractivity (Wildman–Crippen MR) is 135 cm³/mol. The van der Waals surface area contributed by atoms with Gasteiger partial charge in [0.05, 0.1) is 14.2 Å². The first-order valence-electron chi connectivity index (χ1n) is 11.3. The lowest BCUT2D eigenvalue weighted by atomic mass is 10.0. The third-order valence-electron chi connectivity index (χ3n) is 5.93. The highest BCUT2D eigenvalue weighted by atomic mass is 19.4. The lowest BCUT2D eigenvalue weighted by Crippen LogP contribution is -2.46. The van der Waals surface area contributed by atoms with E-state index in [1.807, 2.05) is 64.1 Å². The van der Waals surface area contributed by atoms with Crippen LogP contribution in [0.25, 0.3) is 24.3 Å². The minimum atomic E-state index is -4.36. The molecule has 0 atom stereocenters. The van der Waals surface area contributed by atoms with Crippen LogP contribution in [0.15, 0.2) is 42.5 Å². The van der Waals surface area contributed by atoms with Gasteiger partial charge in [0, 0.05) is 24.3 Å². The number of nitrogens with zero attached hydrogens (tertiary/aromatic N) is 1. The standard InChI is InChI=1S/C29H31F3NO2/c1-19-16-27(34-5)21(3)14-23(19)10-12-25-8-7-9-26(33(25)18-29(30,31)32)13-11-24-15-22(4)28(35-6)17-20(24)2/h7-17H,18H2,1-6H3/q+1/b12-10+,13-11+. The maximum Gasteiger partial charge on any atom is 0.448 e. The normalized spacial score (nSPS) is 12.0. The van der Waals surface area contributed by atoms with Gasteiger partial charge in [0.1, 0.15) is 11.5 Å². The van der Waals surface area contributed by atoms with Crippen molar-refractivity contribution in [2.45, 2.75) is 40.4 Å². The third-order valence-corrected chi connectivity index (χ3v) is 5.93. The number of ether oxygens (including phenoxy) is 2.